The maximum atomic E-state index is 11.2. The number of methoxy groups -OCH3 is 1. The maximum Gasteiger partial charge on any atom is 0.309 e. The fourth-order valence-electron chi connectivity index (χ4n) is 1.71. The molecule has 14 heavy (non-hydrogen) atoms. The molecule has 0 saturated heterocycles. The van der Waals surface area contributed by atoms with E-state index in [1.54, 1.807) is 0 Å². The van der Waals surface area contributed by atoms with E-state index in [4.69, 9.17) is 4.74 Å². The molecule has 74 valence electrons. The van der Waals surface area contributed by atoms with E-state index in [2.05, 4.69) is 28.1 Å². The minimum absolute atomic E-state index is 0.0781. The van der Waals surface area contributed by atoms with Crippen LogP contribution in [0.5, 0.6) is 0 Å². The van der Waals surface area contributed by atoms with Crippen molar-refractivity contribution in [2.75, 3.05) is 7.11 Å². The lowest BCUT2D eigenvalue weighted by Gasteiger charge is -2.00. The highest BCUT2D eigenvalue weighted by Crippen LogP contribution is 2.48. The summed E-state index contributed by atoms with van der Waals surface area (Å²) in [5.74, 6) is 0.351. The van der Waals surface area contributed by atoms with Crippen LogP contribution in [0.2, 0.25) is 0 Å². The predicted octanol–water partition coefficient (Wildman–Crippen LogP) is 2.73. The Hall–Kier alpha value is -0.830. The summed E-state index contributed by atoms with van der Waals surface area (Å²) in [4.78, 5) is 11.2. The zero-order chi connectivity index (χ0) is 10.1. The summed E-state index contributed by atoms with van der Waals surface area (Å²) in [6, 6.07) is 8.09. The van der Waals surface area contributed by atoms with E-state index in [0.29, 0.717) is 5.92 Å². The van der Waals surface area contributed by atoms with Crippen LogP contribution >= 0.6 is 15.9 Å². The van der Waals surface area contributed by atoms with Gasteiger partial charge < -0.3 is 4.74 Å². The third-order valence-corrected chi connectivity index (χ3v) is 3.06. The first-order valence-corrected chi connectivity index (χ1v) is 5.35. The summed E-state index contributed by atoms with van der Waals surface area (Å²) in [5, 5.41) is 0. The molecule has 2 nitrogen and oxygen atoms in total. The molecule has 0 N–H and O–H groups in total. The number of carbonyl (C=O) groups is 1. The summed E-state index contributed by atoms with van der Waals surface area (Å²) in [6.07, 6.45) is 0.920. The Morgan fingerprint density at radius 3 is 3.00 bits per heavy atom. The fraction of sp³-hybridized carbons (Fsp3) is 0.364. The lowest BCUT2D eigenvalue weighted by atomic mass is 10.1. The van der Waals surface area contributed by atoms with Crippen molar-refractivity contribution < 1.29 is 9.53 Å². The minimum Gasteiger partial charge on any atom is -0.469 e. The summed E-state index contributed by atoms with van der Waals surface area (Å²) in [7, 11) is 1.44. The summed E-state index contributed by atoms with van der Waals surface area (Å²) in [5.41, 5.74) is 1.22. The molecule has 0 bridgehead atoms. The van der Waals surface area contributed by atoms with Gasteiger partial charge in [-0.1, -0.05) is 28.1 Å². The van der Waals surface area contributed by atoms with E-state index in [1.165, 1.54) is 12.7 Å². The van der Waals surface area contributed by atoms with Gasteiger partial charge in [0.15, 0.2) is 0 Å². The molecule has 0 heterocycles. The van der Waals surface area contributed by atoms with Gasteiger partial charge >= 0.3 is 5.97 Å². The topological polar surface area (TPSA) is 26.3 Å². The van der Waals surface area contributed by atoms with Gasteiger partial charge in [-0.2, -0.15) is 0 Å². The van der Waals surface area contributed by atoms with E-state index in [1.807, 2.05) is 12.1 Å². The summed E-state index contributed by atoms with van der Waals surface area (Å²) in [6.45, 7) is 0. The molecule has 2 atom stereocenters. The molecule has 0 radical (unpaired) electrons. The van der Waals surface area contributed by atoms with Crippen LogP contribution in [0.3, 0.4) is 0 Å². The van der Waals surface area contributed by atoms with E-state index < -0.39 is 0 Å². The number of halogens is 1. The van der Waals surface area contributed by atoms with Crippen LogP contribution in [0.1, 0.15) is 17.9 Å². The van der Waals surface area contributed by atoms with Gasteiger partial charge in [-0.05, 0) is 30.0 Å². The number of hydrogen-bond donors (Lipinski definition) is 0. The molecule has 1 aliphatic carbocycles. The van der Waals surface area contributed by atoms with Crippen molar-refractivity contribution in [2.45, 2.75) is 12.3 Å². The lowest BCUT2D eigenvalue weighted by Crippen LogP contribution is -2.03. The Morgan fingerprint density at radius 2 is 2.36 bits per heavy atom. The highest BCUT2D eigenvalue weighted by atomic mass is 79.9. The van der Waals surface area contributed by atoms with Crippen molar-refractivity contribution in [2.24, 2.45) is 5.92 Å². The SMILES string of the molecule is COC(=O)C1CC1c1cccc(Br)c1. The molecule has 1 aromatic rings. The standard InChI is InChI=1S/C11H11BrO2/c1-14-11(13)10-6-9(10)7-3-2-4-8(12)5-7/h2-5,9-10H,6H2,1H3. The molecule has 2 rings (SSSR count). The highest BCUT2D eigenvalue weighted by molar-refractivity contribution is 9.10. The smallest absolute Gasteiger partial charge is 0.309 e. The number of rotatable bonds is 2. The lowest BCUT2D eigenvalue weighted by molar-refractivity contribution is -0.142. The van der Waals surface area contributed by atoms with Crippen molar-refractivity contribution in [3.05, 3.63) is 34.3 Å². The summed E-state index contributed by atoms with van der Waals surface area (Å²) >= 11 is 3.42. The van der Waals surface area contributed by atoms with Gasteiger partial charge in [0.25, 0.3) is 0 Å². The molecule has 0 spiro atoms. The largest absolute Gasteiger partial charge is 0.469 e. The van der Waals surface area contributed by atoms with E-state index in [0.717, 1.165) is 10.9 Å². The zero-order valence-electron chi connectivity index (χ0n) is 7.87. The first-order valence-electron chi connectivity index (χ1n) is 4.55. The molecule has 1 aromatic carbocycles. The van der Waals surface area contributed by atoms with Gasteiger partial charge in [0.1, 0.15) is 0 Å². The molecule has 0 amide bonds. The molecule has 0 aliphatic heterocycles. The number of ether oxygens (including phenoxy) is 1. The first kappa shape index (κ1) is 9.71. The van der Waals surface area contributed by atoms with Crippen molar-refractivity contribution in [1.82, 2.24) is 0 Å². The van der Waals surface area contributed by atoms with Crippen molar-refractivity contribution in [3.63, 3.8) is 0 Å². The second kappa shape index (κ2) is 3.73. The molecule has 1 saturated carbocycles. The molecule has 2 unspecified atom stereocenters. The van der Waals surface area contributed by atoms with Crippen molar-refractivity contribution >= 4 is 21.9 Å². The van der Waals surface area contributed by atoms with Gasteiger partial charge in [-0.15, -0.1) is 0 Å². The van der Waals surface area contributed by atoms with Crippen LogP contribution in [0.15, 0.2) is 28.7 Å². The maximum absolute atomic E-state index is 11.2. The van der Waals surface area contributed by atoms with Crippen LogP contribution in [0.4, 0.5) is 0 Å². The zero-order valence-corrected chi connectivity index (χ0v) is 9.45. The second-order valence-electron chi connectivity index (χ2n) is 3.53. The van der Waals surface area contributed by atoms with Crippen molar-refractivity contribution in [3.8, 4) is 0 Å². The van der Waals surface area contributed by atoms with E-state index >= 15 is 0 Å². The average Bonchev–Trinajstić information content (AvgIpc) is 2.96. The van der Waals surface area contributed by atoms with Gasteiger partial charge in [0.2, 0.25) is 0 Å². The second-order valence-corrected chi connectivity index (χ2v) is 4.44. The Kier molecular flexibility index (Phi) is 2.59. The number of carbonyl (C=O) groups excluding carboxylic acids is 1. The van der Waals surface area contributed by atoms with Crippen molar-refractivity contribution in [1.29, 1.82) is 0 Å². The third-order valence-electron chi connectivity index (χ3n) is 2.57. The van der Waals surface area contributed by atoms with Crippen LogP contribution in [-0.4, -0.2) is 13.1 Å². The van der Waals surface area contributed by atoms with Crippen LogP contribution in [-0.2, 0) is 9.53 Å². The summed E-state index contributed by atoms with van der Waals surface area (Å²) < 4.78 is 5.77. The molecule has 0 aromatic heterocycles. The Labute approximate surface area is 91.4 Å². The van der Waals surface area contributed by atoms with E-state index in [-0.39, 0.29) is 11.9 Å². The van der Waals surface area contributed by atoms with Crippen LogP contribution in [0.25, 0.3) is 0 Å². The number of esters is 1. The van der Waals surface area contributed by atoms with Gasteiger partial charge in [0.05, 0.1) is 13.0 Å². The Bertz CT molecular complexity index is 362. The molecule has 1 fully saturated rings. The number of hydrogen-bond acceptors (Lipinski definition) is 2. The molecular weight excluding hydrogens is 244 g/mol. The number of benzene rings is 1. The van der Waals surface area contributed by atoms with Gasteiger partial charge in [-0.25, -0.2) is 0 Å². The highest BCUT2D eigenvalue weighted by Gasteiger charge is 2.44. The monoisotopic (exact) mass is 254 g/mol. The molecule has 3 heteroatoms. The Morgan fingerprint density at radius 1 is 1.57 bits per heavy atom. The van der Waals surface area contributed by atoms with Gasteiger partial charge in [-0.3, -0.25) is 4.79 Å². The predicted molar refractivity (Wildman–Crippen MR) is 57.0 cm³/mol. The first-order chi connectivity index (χ1) is 6.72. The van der Waals surface area contributed by atoms with Gasteiger partial charge in [0, 0.05) is 4.47 Å². The van der Waals surface area contributed by atoms with Crippen LogP contribution < -0.4 is 0 Å². The minimum atomic E-state index is -0.0880. The fourth-order valence-corrected chi connectivity index (χ4v) is 2.13. The molecule has 1 aliphatic rings. The molecular formula is C11H11BrO2. The average molecular weight is 255 g/mol. The normalized spacial score (nSPS) is 24.4. The Balaban J connectivity index is 2.09. The van der Waals surface area contributed by atoms with E-state index in [9.17, 15) is 4.79 Å². The third kappa shape index (κ3) is 1.82. The quantitative estimate of drug-likeness (QED) is 0.759. The van der Waals surface area contributed by atoms with Crippen LogP contribution in [0, 0.1) is 5.92 Å².